The number of rotatable bonds is 3. The highest BCUT2D eigenvalue weighted by atomic mass is 16.5. The lowest BCUT2D eigenvalue weighted by molar-refractivity contribution is 0.329. The van der Waals surface area contributed by atoms with Crippen LogP contribution < -0.4 is 4.74 Å². The van der Waals surface area contributed by atoms with Crippen molar-refractivity contribution in [2.75, 3.05) is 7.11 Å². The van der Waals surface area contributed by atoms with E-state index in [2.05, 4.69) is 0 Å². The molecule has 0 spiro atoms. The van der Waals surface area contributed by atoms with E-state index in [9.17, 15) is 15.3 Å². The number of phenolic OH excluding ortho intramolecular Hbond substituents is 3. The van der Waals surface area contributed by atoms with Crippen molar-refractivity contribution in [1.82, 2.24) is 0 Å². The smallest absolute Gasteiger partial charge is 0.207 e. The molecule has 0 saturated heterocycles. The van der Waals surface area contributed by atoms with Crippen molar-refractivity contribution < 1.29 is 20.1 Å². The fourth-order valence-electron chi connectivity index (χ4n) is 1.71. The Balaban J connectivity index is 2.41. The Hall–Kier alpha value is -2.62. The highest BCUT2D eigenvalue weighted by Crippen LogP contribution is 2.45. The molecule has 0 radical (unpaired) electrons. The SMILES string of the molecule is COc1c(O)c(O)cc(C=Cc2ccccc2)c1O. The molecule has 0 aliphatic rings. The molecule has 0 heterocycles. The first kappa shape index (κ1) is 12.8. The zero-order chi connectivity index (χ0) is 13.8. The Bertz CT molecular complexity index is 603. The Labute approximate surface area is 110 Å². The number of phenols is 3. The van der Waals surface area contributed by atoms with Gasteiger partial charge in [-0.05, 0) is 11.6 Å². The zero-order valence-electron chi connectivity index (χ0n) is 10.4. The number of ether oxygens (including phenoxy) is 1. The number of methoxy groups -OCH3 is 1. The van der Waals surface area contributed by atoms with Gasteiger partial charge in [0, 0.05) is 5.56 Å². The van der Waals surface area contributed by atoms with Gasteiger partial charge in [0.1, 0.15) is 0 Å². The summed E-state index contributed by atoms with van der Waals surface area (Å²) in [5, 5.41) is 29.0. The van der Waals surface area contributed by atoms with Gasteiger partial charge in [0.25, 0.3) is 0 Å². The van der Waals surface area contributed by atoms with E-state index in [1.165, 1.54) is 13.2 Å². The van der Waals surface area contributed by atoms with Gasteiger partial charge in [-0.1, -0.05) is 42.5 Å². The molecular weight excluding hydrogens is 244 g/mol. The van der Waals surface area contributed by atoms with E-state index in [0.717, 1.165) is 5.56 Å². The van der Waals surface area contributed by atoms with Crippen LogP contribution in [-0.2, 0) is 0 Å². The van der Waals surface area contributed by atoms with E-state index in [0.29, 0.717) is 5.56 Å². The molecule has 3 N–H and O–H groups in total. The second-order valence-electron chi connectivity index (χ2n) is 3.96. The van der Waals surface area contributed by atoms with Crippen molar-refractivity contribution in [3.63, 3.8) is 0 Å². The maximum atomic E-state index is 9.92. The molecule has 2 aromatic rings. The summed E-state index contributed by atoms with van der Waals surface area (Å²) in [6.07, 6.45) is 3.41. The standard InChI is InChI=1S/C15H14O4/c1-19-15-13(17)11(9-12(16)14(15)18)8-7-10-5-3-2-4-6-10/h2-9,16-18H,1H3. The summed E-state index contributed by atoms with van der Waals surface area (Å²) in [5.74, 6) is -1.18. The first-order valence-corrected chi connectivity index (χ1v) is 5.68. The summed E-state index contributed by atoms with van der Waals surface area (Å²) in [7, 11) is 1.30. The van der Waals surface area contributed by atoms with E-state index in [1.54, 1.807) is 12.2 Å². The number of benzene rings is 2. The normalized spacial score (nSPS) is 10.8. The van der Waals surface area contributed by atoms with Crippen LogP contribution >= 0.6 is 0 Å². The summed E-state index contributed by atoms with van der Waals surface area (Å²) in [6, 6.07) is 10.8. The van der Waals surface area contributed by atoms with Crippen LogP contribution in [0.1, 0.15) is 11.1 Å². The summed E-state index contributed by atoms with van der Waals surface area (Å²) >= 11 is 0. The van der Waals surface area contributed by atoms with Gasteiger partial charge in [0.15, 0.2) is 11.5 Å². The van der Waals surface area contributed by atoms with Gasteiger partial charge in [-0.2, -0.15) is 0 Å². The Morgan fingerprint density at radius 2 is 1.63 bits per heavy atom. The molecule has 2 rings (SSSR count). The molecule has 0 aromatic heterocycles. The fourth-order valence-corrected chi connectivity index (χ4v) is 1.71. The van der Waals surface area contributed by atoms with E-state index >= 15 is 0 Å². The molecule has 0 fully saturated rings. The highest BCUT2D eigenvalue weighted by Gasteiger charge is 2.16. The molecule has 0 saturated carbocycles. The van der Waals surface area contributed by atoms with Gasteiger partial charge in [-0.3, -0.25) is 0 Å². The maximum absolute atomic E-state index is 9.92. The second kappa shape index (κ2) is 5.35. The van der Waals surface area contributed by atoms with E-state index in [-0.39, 0.29) is 17.2 Å². The van der Waals surface area contributed by atoms with Gasteiger partial charge >= 0.3 is 0 Å². The average molecular weight is 258 g/mol. The number of hydrogen-bond donors (Lipinski definition) is 3. The minimum absolute atomic E-state index is 0.146. The highest BCUT2D eigenvalue weighted by molar-refractivity contribution is 5.77. The Kier molecular flexibility index (Phi) is 3.61. The van der Waals surface area contributed by atoms with Crippen LogP contribution in [0.4, 0.5) is 0 Å². The van der Waals surface area contributed by atoms with E-state index in [1.807, 2.05) is 30.3 Å². The van der Waals surface area contributed by atoms with Crippen molar-refractivity contribution in [2.45, 2.75) is 0 Å². The molecule has 0 atom stereocenters. The lowest BCUT2D eigenvalue weighted by atomic mass is 10.1. The Morgan fingerprint density at radius 3 is 2.26 bits per heavy atom. The van der Waals surface area contributed by atoms with Crippen molar-refractivity contribution in [1.29, 1.82) is 0 Å². The lowest BCUT2D eigenvalue weighted by Crippen LogP contribution is -1.87. The maximum Gasteiger partial charge on any atom is 0.207 e. The molecule has 19 heavy (non-hydrogen) atoms. The molecule has 98 valence electrons. The molecule has 0 aliphatic carbocycles. The first-order chi connectivity index (χ1) is 9.13. The molecule has 0 bridgehead atoms. The summed E-state index contributed by atoms with van der Waals surface area (Å²) < 4.78 is 4.86. The van der Waals surface area contributed by atoms with Crippen molar-refractivity contribution in [2.24, 2.45) is 0 Å². The van der Waals surface area contributed by atoms with E-state index < -0.39 is 5.75 Å². The third-order valence-corrected chi connectivity index (χ3v) is 2.70. The van der Waals surface area contributed by atoms with Crippen LogP contribution in [0.15, 0.2) is 36.4 Å². The van der Waals surface area contributed by atoms with Crippen molar-refractivity contribution in [3.05, 3.63) is 47.5 Å². The van der Waals surface area contributed by atoms with E-state index in [4.69, 9.17) is 4.74 Å². The third kappa shape index (κ3) is 2.63. The monoisotopic (exact) mass is 258 g/mol. The molecular formula is C15H14O4. The van der Waals surface area contributed by atoms with Crippen LogP contribution in [0.5, 0.6) is 23.0 Å². The minimum Gasteiger partial charge on any atom is -0.504 e. The largest absolute Gasteiger partial charge is 0.504 e. The molecule has 0 amide bonds. The van der Waals surface area contributed by atoms with Gasteiger partial charge in [-0.15, -0.1) is 0 Å². The summed E-state index contributed by atoms with van der Waals surface area (Å²) in [6.45, 7) is 0. The zero-order valence-corrected chi connectivity index (χ0v) is 10.4. The average Bonchev–Trinajstić information content (AvgIpc) is 2.43. The molecule has 2 aromatic carbocycles. The quantitative estimate of drug-likeness (QED) is 0.449. The third-order valence-electron chi connectivity index (χ3n) is 2.70. The van der Waals surface area contributed by atoms with Crippen LogP contribution in [0, 0.1) is 0 Å². The predicted molar refractivity (Wildman–Crippen MR) is 73.4 cm³/mol. The Morgan fingerprint density at radius 1 is 0.947 bits per heavy atom. The van der Waals surface area contributed by atoms with Crippen molar-refractivity contribution >= 4 is 12.2 Å². The first-order valence-electron chi connectivity index (χ1n) is 5.68. The lowest BCUT2D eigenvalue weighted by Gasteiger charge is -2.09. The number of hydrogen-bond acceptors (Lipinski definition) is 4. The molecule has 4 heteroatoms. The summed E-state index contributed by atoms with van der Waals surface area (Å²) in [4.78, 5) is 0. The van der Waals surface area contributed by atoms with Crippen molar-refractivity contribution in [3.8, 4) is 23.0 Å². The molecule has 4 nitrogen and oxygen atoms in total. The van der Waals surface area contributed by atoms with Crippen LogP contribution in [0.25, 0.3) is 12.2 Å². The second-order valence-corrected chi connectivity index (χ2v) is 3.96. The topological polar surface area (TPSA) is 69.9 Å². The predicted octanol–water partition coefficient (Wildman–Crippen LogP) is 2.98. The molecule has 0 unspecified atom stereocenters. The van der Waals surface area contributed by atoms with Gasteiger partial charge < -0.3 is 20.1 Å². The minimum atomic E-state index is -0.475. The van der Waals surface area contributed by atoms with Crippen LogP contribution in [-0.4, -0.2) is 22.4 Å². The number of aromatic hydroxyl groups is 3. The molecule has 0 aliphatic heterocycles. The fraction of sp³-hybridized carbons (Fsp3) is 0.0667. The van der Waals surface area contributed by atoms with Gasteiger partial charge in [0.2, 0.25) is 11.5 Å². The van der Waals surface area contributed by atoms with Gasteiger partial charge in [-0.25, -0.2) is 0 Å². The van der Waals surface area contributed by atoms with Gasteiger partial charge in [0.05, 0.1) is 7.11 Å². The van der Waals surface area contributed by atoms with Crippen LogP contribution in [0.2, 0.25) is 0 Å². The van der Waals surface area contributed by atoms with Crippen LogP contribution in [0.3, 0.4) is 0 Å². The summed E-state index contributed by atoms with van der Waals surface area (Å²) in [5.41, 5.74) is 1.31.